The van der Waals surface area contributed by atoms with Crippen LogP contribution >= 0.6 is 0 Å². The van der Waals surface area contributed by atoms with E-state index in [1.165, 1.54) is 16.8 Å². The van der Waals surface area contributed by atoms with Gasteiger partial charge in [-0.25, -0.2) is 4.79 Å². The Morgan fingerprint density at radius 3 is 2.29 bits per heavy atom. The number of carbonyl (C=O) groups is 3. The number of amides is 2. The molecule has 21 heavy (non-hydrogen) atoms. The van der Waals surface area contributed by atoms with E-state index in [2.05, 4.69) is 5.10 Å². The number of benzene rings is 1. The molecule has 0 N–H and O–H groups in total. The summed E-state index contributed by atoms with van der Waals surface area (Å²) in [5, 5.41) is 4.43. The minimum Gasteiger partial charge on any atom is -0.329 e. The Morgan fingerprint density at radius 1 is 1.14 bits per heavy atom. The Balaban J connectivity index is 1.75. The molecule has 7 nitrogen and oxygen atoms in total. The minimum absolute atomic E-state index is 0.0795. The first-order valence-electron chi connectivity index (χ1n) is 6.23. The molecule has 0 saturated carbocycles. The predicted octanol–water partition coefficient (Wildman–Crippen LogP) is 0.717. The molecule has 2 heterocycles. The largest absolute Gasteiger partial charge is 0.339 e. The standard InChI is InChI=1S/C14H11N3O4/c1-16-9(6-7-15-16)8-12(18)21-17-13(19)10-4-2-3-5-11(10)14(17)20/h2-7H,8H2,1H3. The third-order valence-electron chi connectivity index (χ3n) is 3.20. The number of carbonyl (C=O) groups excluding carboxylic acids is 3. The van der Waals surface area contributed by atoms with Crippen molar-refractivity contribution in [2.24, 2.45) is 7.05 Å². The first-order valence-corrected chi connectivity index (χ1v) is 6.23. The molecule has 1 aliphatic heterocycles. The summed E-state index contributed by atoms with van der Waals surface area (Å²) in [7, 11) is 1.69. The fourth-order valence-corrected chi connectivity index (χ4v) is 2.11. The van der Waals surface area contributed by atoms with Crippen LogP contribution in [0.1, 0.15) is 26.4 Å². The smallest absolute Gasteiger partial charge is 0.329 e. The zero-order valence-corrected chi connectivity index (χ0v) is 11.1. The average molecular weight is 285 g/mol. The lowest BCUT2D eigenvalue weighted by molar-refractivity contribution is -0.167. The van der Waals surface area contributed by atoms with Crippen LogP contribution in [0.15, 0.2) is 36.5 Å². The van der Waals surface area contributed by atoms with Crippen LogP contribution in [0.3, 0.4) is 0 Å². The van der Waals surface area contributed by atoms with Crippen molar-refractivity contribution in [3.8, 4) is 0 Å². The van der Waals surface area contributed by atoms with Crippen LogP contribution in [0.25, 0.3) is 0 Å². The van der Waals surface area contributed by atoms with Gasteiger partial charge in [0, 0.05) is 18.9 Å². The van der Waals surface area contributed by atoms with Crippen molar-refractivity contribution in [3.63, 3.8) is 0 Å². The average Bonchev–Trinajstić information content (AvgIpc) is 2.97. The topological polar surface area (TPSA) is 81.5 Å². The fraction of sp³-hybridized carbons (Fsp3) is 0.143. The summed E-state index contributed by atoms with van der Waals surface area (Å²) in [4.78, 5) is 40.8. The molecule has 2 aromatic rings. The van der Waals surface area contributed by atoms with Gasteiger partial charge in [-0.2, -0.15) is 5.10 Å². The number of rotatable bonds is 3. The SMILES string of the molecule is Cn1nccc1CC(=O)ON1C(=O)c2ccccc2C1=O. The lowest BCUT2D eigenvalue weighted by Crippen LogP contribution is -2.33. The summed E-state index contributed by atoms with van der Waals surface area (Å²) in [6, 6.07) is 7.98. The van der Waals surface area contributed by atoms with Crippen molar-refractivity contribution in [2.75, 3.05) is 0 Å². The Labute approximate surface area is 119 Å². The van der Waals surface area contributed by atoms with Gasteiger partial charge in [-0.1, -0.05) is 17.2 Å². The molecular formula is C14H11N3O4. The summed E-state index contributed by atoms with van der Waals surface area (Å²) >= 11 is 0. The van der Waals surface area contributed by atoms with Crippen LogP contribution in [-0.2, 0) is 23.1 Å². The van der Waals surface area contributed by atoms with E-state index in [4.69, 9.17) is 4.84 Å². The molecule has 106 valence electrons. The maximum absolute atomic E-state index is 12.0. The summed E-state index contributed by atoms with van der Waals surface area (Å²) in [5.74, 6) is -1.96. The molecule has 0 aliphatic carbocycles. The Kier molecular flexibility index (Phi) is 3.02. The van der Waals surface area contributed by atoms with Gasteiger partial charge < -0.3 is 4.84 Å². The first-order chi connectivity index (χ1) is 10.1. The van der Waals surface area contributed by atoms with Crippen LogP contribution in [0.4, 0.5) is 0 Å². The maximum Gasteiger partial charge on any atom is 0.339 e. The van der Waals surface area contributed by atoms with E-state index in [1.807, 2.05) is 0 Å². The molecule has 2 amide bonds. The number of hydrogen-bond acceptors (Lipinski definition) is 5. The summed E-state index contributed by atoms with van der Waals surface area (Å²) in [5.41, 5.74) is 1.09. The van der Waals surface area contributed by atoms with Crippen LogP contribution < -0.4 is 0 Å². The van der Waals surface area contributed by atoms with E-state index in [-0.39, 0.29) is 17.5 Å². The van der Waals surface area contributed by atoms with E-state index < -0.39 is 17.8 Å². The highest BCUT2D eigenvalue weighted by atomic mass is 16.7. The van der Waals surface area contributed by atoms with Gasteiger partial charge in [0.1, 0.15) is 0 Å². The molecule has 1 aromatic heterocycles. The number of aromatic nitrogens is 2. The normalized spacial score (nSPS) is 13.5. The van der Waals surface area contributed by atoms with Gasteiger partial charge in [0.25, 0.3) is 11.8 Å². The van der Waals surface area contributed by atoms with Gasteiger partial charge in [0.15, 0.2) is 0 Å². The molecular weight excluding hydrogens is 274 g/mol. The van der Waals surface area contributed by atoms with E-state index in [1.54, 1.807) is 31.4 Å². The van der Waals surface area contributed by atoms with Crippen molar-refractivity contribution in [2.45, 2.75) is 6.42 Å². The van der Waals surface area contributed by atoms with E-state index in [9.17, 15) is 14.4 Å². The van der Waals surface area contributed by atoms with Gasteiger partial charge in [-0.05, 0) is 18.2 Å². The van der Waals surface area contributed by atoms with Crippen molar-refractivity contribution < 1.29 is 19.2 Å². The highest BCUT2D eigenvalue weighted by molar-refractivity contribution is 6.20. The van der Waals surface area contributed by atoms with E-state index in [0.29, 0.717) is 10.8 Å². The minimum atomic E-state index is -0.701. The van der Waals surface area contributed by atoms with Gasteiger partial charge in [0.2, 0.25) is 0 Å². The molecule has 0 radical (unpaired) electrons. The second kappa shape index (κ2) is 4.86. The van der Waals surface area contributed by atoms with E-state index >= 15 is 0 Å². The molecule has 0 spiro atoms. The van der Waals surface area contributed by atoms with Crippen molar-refractivity contribution in [3.05, 3.63) is 53.3 Å². The number of hydrogen-bond donors (Lipinski definition) is 0. The second-order valence-electron chi connectivity index (χ2n) is 4.54. The summed E-state index contributed by atoms with van der Waals surface area (Å²) in [6.45, 7) is 0. The third kappa shape index (κ3) is 2.18. The molecule has 0 bridgehead atoms. The molecule has 0 unspecified atom stereocenters. The molecule has 1 aliphatic rings. The molecule has 0 atom stereocenters. The van der Waals surface area contributed by atoms with E-state index in [0.717, 1.165) is 0 Å². The molecule has 0 fully saturated rings. The maximum atomic E-state index is 12.0. The molecule has 3 rings (SSSR count). The quantitative estimate of drug-likeness (QED) is 0.776. The summed E-state index contributed by atoms with van der Waals surface area (Å²) < 4.78 is 1.52. The lowest BCUT2D eigenvalue weighted by atomic mass is 10.1. The van der Waals surface area contributed by atoms with Crippen molar-refractivity contribution in [1.29, 1.82) is 0 Å². The van der Waals surface area contributed by atoms with Gasteiger partial charge in [0.05, 0.1) is 17.5 Å². The van der Waals surface area contributed by atoms with Crippen molar-refractivity contribution >= 4 is 17.8 Å². The molecule has 1 aromatic carbocycles. The van der Waals surface area contributed by atoms with Crippen molar-refractivity contribution in [1.82, 2.24) is 14.8 Å². The number of hydroxylamine groups is 2. The van der Waals surface area contributed by atoms with Crippen LogP contribution in [-0.4, -0.2) is 32.6 Å². The number of fused-ring (bicyclic) bond motifs is 1. The predicted molar refractivity (Wildman–Crippen MR) is 69.9 cm³/mol. The third-order valence-corrected chi connectivity index (χ3v) is 3.20. The van der Waals surface area contributed by atoms with Gasteiger partial charge >= 0.3 is 5.97 Å². The van der Waals surface area contributed by atoms with Crippen LogP contribution in [0.2, 0.25) is 0 Å². The number of nitrogens with zero attached hydrogens (tertiary/aromatic N) is 3. The Hall–Kier alpha value is -2.96. The number of aryl methyl sites for hydroxylation is 1. The monoisotopic (exact) mass is 285 g/mol. The first kappa shape index (κ1) is 13.0. The Bertz CT molecular complexity index is 715. The van der Waals surface area contributed by atoms with Gasteiger partial charge in [-0.15, -0.1) is 0 Å². The zero-order chi connectivity index (χ0) is 15.0. The van der Waals surface area contributed by atoms with Gasteiger partial charge in [-0.3, -0.25) is 14.3 Å². The summed E-state index contributed by atoms with van der Waals surface area (Å²) in [6.07, 6.45) is 1.47. The molecule has 7 heteroatoms. The zero-order valence-electron chi connectivity index (χ0n) is 11.1. The Morgan fingerprint density at radius 2 is 1.76 bits per heavy atom. The fourth-order valence-electron chi connectivity index (χ4n) is 2.11. The highest BCUT2D eigenvalue weighted by Gasteiger charge is 2.38. The number of imide groups is 1. The lowest BCUT2D eigenvalue weighted by Gasteiger charge is -2.12. The van der Waals surface area contributed by atoms with Crippen LogP contribution in [0, 0.1) is 0 Å². The highest BCUT2D eigenvalue weighted by Crippen LogP contribution is 2.22. The molecule has 0 saturated heterocycles. The second-order valence-corrected chi connectivity index (χ2v) is 4.54. The van der Waals surface area contributed by atoms with Crippen LogP contribution in [0.5, 0.6) is 0 Å².